The molecule has 2 aromatic rings. The van der Waals surface area contributed by atoms with Crippen LogP contribution in [0.3, 0.4) is 0 Å². The first-order valence-electron chi connectivity index (χ1n) is 4.18. The van der Waals surface area contributed by atoms with Gasteiger partial charge >= 0.3 is 0 Å². The molecule has 6 heteroatoms. The second-order valence-corrected chi connectivity index (χ2v) is 2.71. The number of benzene rings is 1. The first-order valence-corrected chi connectivity index (χ1v) is 4.18. The van der Waals surface area contributed by atoms with E-state index in [-0.39, 0.29) is 5.82 Å². The average molecular weight is 201 g/mol. The summed E-state index contributed by atoms with van der Waals surface area (Å²) in [6.45, 7) is 0. The van der Waals surface area contributed by atoms with Crippen LogP contribution >= 0.6 is 0 Å². The van der Waals surface area contributed by atoms with Gasteiger partial charge < -0.3 is 4.74 Å². The number of ether oxygens (including phenoxy) is 1. The zero-order valence-corrected chi connectivity index (χ0v) is 7.95. The summed E-state index contributed by atoms with van der Waals surface area (Å²) in [5.74, 6) is 0.796. The molecule has 2 rings (SSSR count). The third kappa shape index (κ3) is 1.76. The molecule has 1 aromatic carbocycles. The Labute approximate surface area is 85.7 Å². The van der Waals surface area contributed by atoms with Crippen LogP contribution in [0.2, 0.25) is 0 Å². The first-order chi connectivity index (χ1) is 7.33. The summed E-state index contributed by atoms with van der Waals surface area (Å²) in [7, 11) is 1.59. The molecule has 1 heterocycles. The minimum Gasteiger partial charge on any atom is -0.497 e. The van der Waals surface area contributed by atoms with Crippen LogP contribution in [0, 0.1) is 11.3 Å². The van der Waals surface area contributed by atoms with Crippen LogP contribution in [0.1, 0.15) is 5.82 Å². The smallest absolute Gasteiger partial charge is 0.274 e. The lowest BCUT2D eigenvalue weighted by Crippen LogP contribution is -1.98. The van der Waals surface area contributed by atoms with E-state index in [0.717, 1.165) is 11.4 Å². The van der Waals surface area contributed by atoms with Crippen molar-refractivity contribution in [1.82, 2.24) is 20.2 Å². The molecule has 74 valence electrons. The predicted octanol–water partition coefficient (Wildman–Crippen LogP) is 0.543. The molecule has 0 aliphatic heterocycles. The third-order valence-corrected chi connectivity index (χ3v) is 1.82. The third-order valence-electron chi connectivity index (χ3n) is 1.82. The second kappa shape index (κ2) is 3.75. The molecule has 0 aliphatic carbocycles. The second-order valence-electron chi connectivity index (χ2n) is 2.71. The number of hydrogen-bond acceptors (Lipinski definition) is 5. The van der Waals surface area contributed by atoms with Crippen molar-refractivity contribution in [2.24, 2.45) is 0 Å². The van der Waals surface area contributed by atoms with Crippen molar-refractivity contribution in [3.8, 4) is 17.5 Å². The van der Waals surface area contributed by atoms with Crippen molar-refractivity contribution >= 4 is 0 Å². The Hall–Kier alpha value is -2.42. The van der Waals surface area contributed by atoms with Crippen molar-refractivity contribution in [2.45, 2.75) is 0 Å². The van der Waals surface area contributed by atoms with Crippen molar-refractivity contribution in [3.63, 3.8) is 0 Å². The highest BCUT2D eigenvalue weighted by atomic mass is 16.5. The Morgan fingerprint density at radius 1 is 1.33 bits per heavy atom. The van der Waals surface area contributed by atoms with Crippen molar-refractivity contribution < 1.29 is 4.74 Å². The molecule has 0 saturated heterocycles. The largest absolute Gasteiger partial charge is 0.497 e. The van der Waals surface area contributed by atoms with E-state index in [1.807, 2.05) is 6.07 Å². The van der Waals surface area contributed by atoms with Gasteiger partial charge in [-0.05, 0) is 29.5 Å². The van der Waals surface area contributed by atoms with E-state index in [1.54, 1.807) is 31.4 Å². The molecule has 0 fully saturated rings. The molecule has 0 bridgehead atoms. The number of hydrogen-bond donors (Lipinski definition) is 0. The fourth-order valence-electron chi connectivity index (χ4n) is 1.08. The zero-order valence-electron chi connectivity index (χ0n) is 7.95. The van der Waals surface area contributed by atoms with Gasteiger partial charge in [-0.15, -0.1) is 9.90 Å². The van der Waals surface area contributed by atoms with Gasteiger partial charge in [-0.25, -0.2) is 0 Å². The zero-order chi connectivity index (χ0) is 10.7. The minimum absolute atomic E-state index is 0.0471. The molecule has 0 atom stereocenters. The molecular formula is C9H7N5O. The maximum atomic E-state index is 8.53. The lowest BCUT2D eigenvalue weighted by Gasteiger charge is -2.00. The van der Waals surface area contributed by atoms with Crippen LogP contribution in [0.25, 0.3) is 5.69 Å². The first kappa shape index (κ1) is 9.15. The van der Waals surface area contributed by atoms with E-state index in [9.17, 15) is 0 Å². The molecule has 0 N–H and O–H groups in total. The molecular weight excluding hydrogens is 194 g/mol. The number of aromatic nitrogens is 4. The van der Waals surface area contributed by atoms with E-state index < -0.39 is 0 Å². The molecule has 0 spiro atoms. The van der Waals surface area contributed by atoms with Crippen LogP contribution in [0.4, 0.5) is 0 Å². The summed E-state index contributed by atoms with van der Waals surface area (Å²) in [4.78, 5) is 1.29. The summed E-state index contributed by atoms with van der Waals surface area (Å²) in [5.41, 5.74) is 0.727. The van der Waals surface area contributed by atoms with E-state index in [2.05, 4.69) is 15.4 Å². The number of nitriles is 1. The topological polar surface area (TPSA) is 76.6 Å². The van der Waals surface area contributed by atoms with Crippen LogP contribution in [0.5, 0.6) is 5.75 Å². The van der Waals surface area contributed by atoms with Gasteiger partial charge in [0.1, 0.15) is 11.8 Å². The minimum atomic E-state index is 0.0471. The molecule has 1 aromatic heterocycles. The Bertz CT molecular complexity index is 496. The molecule has 6 nitrogen and oxygen atoms in total. The highest BCUT2D eigenvalue weighted by molar-refractivity contribution is 5.35. The molecule has 0 radical (unpaired) electrons. The quantitative estimate of drug-likeness (QED) is 0.708. The van der Waals surface area contributed by atoms with Gasteiger partial charge in [0, 0.05) is 0 Å². The number of nitrogens with zero attached hydrogens (tertiary/aromatic N) is 5. The van der Waals surface area contributed by atoms with Crippen molar-refractivity contribution in [2.75, 3.05) is 7.11 Å². The van der Waals surface area contributed by atoms with Crippen LogP contribution in [0.15, 0.2) is 24.3 Å². The standard InChI is InChI=1S/C9H7N5O/c1-15-8-4-2-7(3-5-8)14-12-9(6-10)11-13-14/h2-5H,1H3. The van der Waals surface area contributed by atoms with Crippen molar-refractivity contribution in [3.05, 3.63) is 30.1 Å². The van der Waals surface area contributed by atoms with Gasteiger partial charge in [0.05, 0.1) is 12.8 Å². The van der Waals surface area contributed by atoms with Crippen LogP contribution in [-0.4, -0.2) is 27.3 Å². The SMILES string of the molecule is COc1ccc(-n2nnc(C#N)n2)cc1. The monoisotopic (exact) mass is 201 g/mol. The summed E-state index contributed by atoms with van der Waals surface area (Å²) in [6.07, 6.45) is 0. The summed E-state index contributed by atoms with van der Waals surface area (Å²) in [6, 6.07) is 8.93. The lowest BCUT2D eigenvalue weighted by atomic mass is 10.3. The van der Waals surface area contributed by atoms with E-state index >= 15 is 0 Å². The highest BCUT2D eigenvalue weighted by Crippen LogP contribution is 2.12. The van der Waals surface area contributed by atoms with Crippen LogP contribution < -0.4 is 4.74 Å². The van der Waals surface area contributed by atoms with E-state index in [1.165, 1.54) is 4.80 Å². The number of tetrazole rings is 1. The Morgan fingerprint density at radius 3 is 2.60 bits per heavy atom. The number of methoxy groups -OCH3 is 1. The molecule has 15 heavy (non-hydrogen) atoms. The van der Waals surface area contributed by atoms with E-state index in [4.69, 9.17) is 10.00 Å². The highest BCUT2D eigenvalue weighted by Gasteiger charge is 2.03. The lowest BCUT2D eigenvalue weighted by molar-refractivity contribution is 0.414. The average Bonchev–Trinajstić information content (AvgIpc) is 2.78. The van der Waals surface area contributed by atoms with Gasteiger partial charge in [0.15, 0.2) is 0 Å². The summed E-state index contributed by atoms with van der Waals surface area (Å²) >= 11 is 0. The van der Waals surface area contributed by atoms with Gasteiger partial charge in [0.25, 0.3) is 5.82 Å². The van der Waals surface area contributed by atoms with Gasteiger partial charge in [0.2, 0.25) is 0 Å². The molecule has 0 saturated carbocycles. The molecule has 0 aliphatic rings. The summed E-state index contributed by atoms with van der Waals surface area (Å²) in [5, 5.41) is 19.6. The summed E-state index contributed by atoms with van der Waals surface area (Å²) < 4.78 is 5.01. The maximum absolute atomic E-state index is 8.53. The Balaban J connectivity index is 2.33. The normalized spacial score (nSPS) is 9.60. The maximum Gasteiger partial charge on any atom is 0.274 e. The molecule has 0 unspecified atom stereocenters. The van der Waals surface area contributed by atoms with Gasteiger partial charge in [-0.1, -0.05) is 5.10 Å². The Kier molecular flexibility index (Phi) is 2.29. The van der Waals surface area contributed by atoms with Crippen molar-refractivity contribution in [1.29, 1.82) is 5.26 Å². The molecule has 0 amide bonds. The Morgan fingerprint density at radius 2 is 2.07 bits per heavy atom. The van der Waals surface area contributed by atoms with Gasteiger partial charge in [-0.3, -0.25) is 0 Å². The van der Waals surface area contributed by atoms with Gasteiger partial charge in [-0.2, -0.15) is 5.26 Å². The van der Waals surface area contributed by atoms with Crippen LogP contribution in [-0.2, 0) is 0 Å². The fraction of sp³-hybridized carbons (Fsp3) is 0.111. The predicted molar refractivity (Wildman–Crippen MR) is 50.4 cm³/mol. The number of rotatable bonds is 2. The fourth-order valence-corrected chi connectivity index (χ4v) is 1.08. The van der Waals surface area contributed by atoms with E-state index in [0.29, 0.717) is 0 Å².